The van der Waals surface area contributed by atoms with Crippen LogP contribution in [-0.4, -0.2) is 17.3 Å². The zero-order valence-electron chi connectivity index (χ0n) is 10.1. The van der Waals surface area contributed by atoms with Crippen molar-refractivity contribution in [3.05, 3.63) is 59.4 Å². The summed E-state index contributed by atoms with van der Waals surface area (Å²) in [5.41, 5.74) is 8.68. The fourth-order valence-corrected chi connectivity index (χ4v) is 2.37. The maximum absolute atomic E-state index is 12.1. The van der Waals surface area contributed by atoms with Gasteiger partial charge in [0.25, 0.3) is 0 Å². The highest BCUT2D eigenvalue weighted by Crippen LogP contribution is 2.47. The van der Waals surface area contributed by atoms with Crippen molar-refractivity contribution in [3.63, 3.8) is 0 Å². The van der Waals surface area contributed by atoms with Gasteiger partial charge in [-0.25, -0.2) is 0 Å². The van der Waals surface area contributed by atoms with Crippen LogP contribution in [0.15, 0.2) is 42.7 Å². The smallest absolute Gasteiger partial charge is 0.194 e. The summed E-state index contributed by atoms with van der Waals surface area (Å²) in [6.07, 6.45) is 5.80. The first-order valence-corrected chi connectivity index (χ1v) is 6.23. The Morgan fingerprint density at radius 2 is 1.89 bits per heavy atom. The third-order valence-corrected chi connectivity index (χ3v) is 3.86. The second kappa shape index (κ2) is 4.10. The van der Waals surface area contributed by atoms with Gasteiger partial charge in [-0.05, 0) is 24.5 Å². The molecule has 1 heterocycles. The van der Waals surface area contributed by atoms with Crippen LogP contribution in [-0.2, 0) is 5.41 Å². The molecule has 0 radical (unpaired) electrons. The van der Waals surface area contributed by atoms with Crippen molar-refractivity contribution in [1.29, 1.82) is 0 Å². The standard InChI is InChI=1S/C15H16N2O/c16-10-15(6-7-15)13-3-1-11(2-4-13)14(18)12-5-8-17-9-12/h1-5,8-9,17H,6-7,10,16H2. The summed E-state index contributed by atoms with van der Waals surface area (Å²) >= 11 is 0. The number of carbonyl (C=O) groups is 1. The largest absolute Gasteiger partial charge is 0.367 e. The first-order chi connectivity index (χ1) is 8.75. The Morgan fingerprint density at radius 1 is 1.17 bits per heavy atom. The number of benzene rings is 1. The third-order valence-electron chi connectivity index (χ3n) is 3.86. The summed E-state index contributed by atoms with van der Waals surface area (Å²) in [5.74, 6) is 0.0559. The highest BCUT2D eigenvalue weighted by Gasteiger charge is 2.42. The van der Waals surface area contributed by atoms with Crippen LogP contribution in [0, 0.1) is 0 Å². The van der Waals surface area contributed by atoms with Gasteiger partial charge in [-0.3, -0.25) is 4.79 Å². The van der Waals surface area contributed by atoms with E-state index >= 15 is 0 Å². The van der Waals surface area contributed by atoms with Crippen molar-refractivity contribution in [2.75, 3.05) is 6.54 Å². The Kier molecular flexibility index (Phi) is 2.56. The summed E-state index contributed by atoms with van der Waals surface area (Å²) < 4.78 is 0. The number of rotatable bonds is 4. The maximum atomic E-state index is 12.1. The SMILES string of the molecule is NCC1(c2ccc(C(=O)c3cc[nH]c3)cc2)CC1. The summed E-state index contributed by atoms with van der Waals surface area (Å²) in [6, 6.07) is 9.68. The number of ketones is 1. The second-order valence-electron chi connectivity index (χ2n) is 4.99. The molecule has 3 N–H and O–H groups in total. The molecule has 0 amide bonds. The molecule has 1 aliphatic carbocycles. The normalized spacial score (nSPS) is 16.5. The lowest BCUT2D eigenvalue weighted by molar-refractivity contribution is 0.103. The molecule has 0 aliphatic heterocycles. The van der Waals surface area contributed by atoms with Crippen LogP contribution in [0.5, 0.6) is 0 Å². The van der Waals surface area contributed by atoms with Crippen molar-refractivity contribution in [3.8, 4) is 0 Å². The maximum Gasteiger partial charge on any atom is 0.194 e. The molecule has 0 saturated heterocycles. The van der Waals surface area contributed by atoms with Gasteiger partial charge in [0, 0.05) is 35.5 Å². The van der Waals surface area contributed by atoms with Gasteiger partial charge in [0.2, 0.25) is 0 Å². The predicted octanol–water partition coefficient (Wildman–Crippen LogP) is 2.24. The van der Waals surface area contributed by atoms with Crippen molar-refractivity contribution in [2.24, 2.45) is 5.73 Å². The van der Waals surface area contributed by atoms with Crippen LogP contribution < -0.4 is 5.73 Å². The minimum absolute atomic E-state index is 0.0559. The zero-order chi connectivity index (χ0) is 12.6. The van der Waals surface area contributed by atoms with E-state index in [9.17, 15) is 4.79 Å². The van der Waals surface area contributed by atoms with Crippen LogP contribution >= 0.6 is 0 Å². The van der Waals surface area contributed by atoms with Crippen LogP contribution in [0.3, 0.4) is 0 Å². The van der Waals surface area contributed by atoms with Gasteiger partial charge in [-0.1, -0.05) is 24.3 Å². The first-order valence-electron chi connectivity index (χ1n) is 6.23. The molecular formula is C15H16N2O. The molecule has 18 heavy (non-hydrogen) atoms. The number of hydrogen-bond acceptors (Lipinski definition) is 2. The lowest BCUT2D eigenvalue weighted by atomic mass is 9.94. The molecule has 0 atom stereocenters. The number of aromatic nitrogens is 1. The highest BCUT2D eigenvalue weighted by atomic mass is 16.1. The second-order valence-corrected chi connectivity index (χ2v) is 4.99. The zero-order valence-corrected chi connectivity index (χ0v) is 10.1. The Morgan fingerprint density at radius 3 is 2.39 bits per heavy atom. The molecule has 1 aromatic heterocycles. The Labute approximate surface area is 106 Å². The summed E-state index contributed by atoms with van der Waals surface area (Å²) in [5, 5.41) is 0. The van der Waals surface area contributed by atoms with E-state index < -0.39 is 0 Å². The number of carbonyl (C=O) groups excluding carboxylic acids is 1. The van der Waals surface area contributed by atoms with Crippen molar-refractivity contribution >= 4 is 5.78 Å². The Bertz CT molecular complexity index is 551. The number of hydrogen-bond donors (Lipinski definition) is 2. The fraction of sp³-hybridized carbons (Fsp3) is 0.267. The van der Waals surface area contributed by atoms with Crippen molar-refractivity contribution < 1.29 is 4.79 Å². The molecule has 3 heteroatoms. The van der Waals surface area contributed by atoms with Crippen LogP contribution in [0.4, 0.5) is 0 Å². The molecule has 92 valence electrons. The van der Waals surface area contributed by atoms with Crippen LogP contribution in [0.25, 0.3) is 0 Å². The monoisotopic (exact) mass is 240 g/mol. The molecule has 0 bridgehead atoms. The molecule has 0 spiro atoms. The molecule has 1 aliphatic rings. The number of aromatic amines is 1. The van der Waals surface area contributed by atoms with Gasteiger partial charge in [0.15, 0.2) is 5.78 Å². The van der Waals surface area contributed by atoms with Crippen molar-refractivity contribution in [1.82, 2.24) is 4.98 Å². The topological polar surface area (TPSA) is 58.9 Å². The summed E-state index contributed by atoms with van der Waals surface area (Å²) in [6.45, 7) is 0.693. The number of nitrogens with one attached hydrogen (secondary N) is 1. The van der Waals surface area contributed by atoms with E-state index in [2.05, 4.69) is 4.98 Å². The number of nitrogens with two attached hydrogens (primary N) is 1. The first kappa shape index (κ1) is 11.2. The molecule has 3 rings (SSSR count). The minimum Gasteiger partial charge on any atom is -0.367 e. The van der Waals surface area contributed by atoms with Gasteiger partial charge < -0.3 is 10.7 Å². The van der Waals surface area contributed by atoms with Crippen LogP contribution in [0.1, 0.15) is 34.3 Å². The van der Waals surface area contributed by atoms with E-state index in [1.165, 1.54) is 5.56 Å². The molecule has 1 aromatic carbocycles. The lowest BCUT2D eigenvalue weighted by Gasteiger charge is -2.12. The minimum atomic E-state index is 0.0559. The predicted molar refractivity (Wildman–Crippen MR) is 70.6 cm³/mol. The van der Waals surface area contributed by atoms with Crippen molar-refractivity contribution in [2.45, 2.75) is 18.3 Å². The Hall–Kier alpha value is -1.87. The lowest BCUT2D eigenvalue weighted by Crippen LogP contribution is -2.19. The number of H-pyrrole nitrogens is 1. The molecule has 2 aromatic rings. The van der Waals surface area contributed by atoms with E-state index in [4.69, 9.17) is 5.73 Å². The fourth-order valence-electron chi connectivity index (χ4n) is 2.37. The quantitative estimate of drug-likeness (QED) is 0.805. The average Bonchev–Trinajstić information content (AvgIpc) is 3.04. The van der Waals surface area contributed by atoms with E-state index in [-0.39, 0.29) is 11.2 Å². The average molecular weight is 240 g/mol. The molecule has 1 fully saturated rings. The Balaban J connectivity index is 1.86. The molecular weight excluding hydrogens is 224 g/mol. The third kappa shape index (κ3) is 1.77. The summed E-state index contributed by atoms with van der Waals surface area (Å²) in [7, 11) is 0. The van der Waals surface area contributed by atoms with Gasteiger partial charge in [-0.15, -0.1) is 0 Å². The highest BCUT2D eigenvalue weighted by molar-refractivity contribution is 6.08. The summed E-state index contributed by atoms with van der Waals surface area (Å²) in [4.78, 5) is 15.0. The van der Waals surface area contributed by atoms with Gasteiger partial charge >= 0.3 is 0 Å². The van der Waals surface area contributed by atoms with E-state index in [0.29, 0.717) is 12.1 Å². The van der Waals surface area contributed by atoms with Gasteiger partial charge in [0.1, 0.15) is 0 Å². The van der Waals surface area contributed by atoms with E-state index in [1.807, 2.05) is 24.3 Å². The van der Waals surface area contributed by atoms with E-state index in [1.54, 1.807) is 18.5 Å². The van der Waals surface area contributed by atoms with Gasteiger partial charge in [-0.2, -0.15) is 0 Å². The van der Waals surface area contributed by atoms with E-state index in [0.717, 1.165) is 18.4 Å². The molecule has 3 nitrogen and oxygen atoms in total. The van der Waals surface area contributed by atoms with Crippen LogP contribution in [0.2, 0.25) is 0 Å². The van der Waals surface area contributed by atoms with Gasteiger partial charge in [0.05, 0.1) is 0 Å². The molecule has 0 unspecified atom stereocenters. The molecule has 1 saturated carbocycles.